The quantitative estimate of drug-likeness (QED) is 0.423. The van der Waals surface area contributed by atoms with E-state index in [2.05, 4.69) is 53.4 Å². The molecule has 4 aromatic rings. The third kappa shape index (κ3) is 3.65. The van der Waals surface area contributed by atoms with Crippen LogP contribution >= 0.6 is 0 Å². The summed E-state index contributed by atoms with van der Waals surface area (Å²) in [6.45, 7) is 2.40. The lowest BCUT2D eigenvalue weighted by Gasteiger charge is -2.39. The molecule has 172 valence electrons. The zero-order chi connectivity index (χ0) is 23.1. The Morgan fingerprint density at radius 2 is 1.18 bits per heavy atom. The normalized spacial score (nSPS) is 17.8. The van der Waals surface area contributed by atoms with Crippen molar-refractivity contribution in [3.63, 3.8) is 0 Å². The Balaban J connectivity index is 1.31. The molecule has 0 bridgehead atoms. The van der Waals surface area contributed by atoms with Gasteiger partial charge in [0.05, 0.1) is 10.9 Å². The van der Waals surface area contributed by atoms with E-state index in [4.69, 9.17) is 0 Å². The van der Waals surface area contributed by atoms with Gasteiger partial charge < -0.3 is 0 Å². The van der Waals surface area contributed by atoms with Crippen LogP contribution in [-0.2, 0) is 22.9 Å². The van der Waals surface area contributed by atoms with Crippen molar-refractivity contribution >= 4 is 20.8 Å². The van der Waals surface area contributed by atoms with Crippen molar-refractivity contribution in [2.45, 2.75) is 23.8 Å². The fourth-order valence-electron chi connectivity index (χ4n) is 5.65. The number of hydrogen-bond acceptors (Lipinski definition) is 3. The van der Waals surface area contributed by atoms with E-state index in [0.29, 0.717) is 31.1 Å². The van der Waals surface area contributed by atoms with E-state index in [1.807, 2.05) is 36.4 Å². The zero-order valence-corrected chi connectivity index (χ0v) is 19.9. The van der Waals surface area contributed by atoms with Gasteiger partial charge in [0, 0.05) is 31.6 Å². The minimum absolute atomic E-state index is 0.164. The van der Waals surface area contributed by atoms with E-state index in [1.165, 1.54) is 22.3 Å². The summed E-state index contributed by atoms with van der Waals surface area (Å²) >= 11 is 0. The first-order valence-corrected chi connectivity index (χ1v) is 13.4. The van der Waals surface area contributed by atoms with Crippen LogP contribution in [0.2, 0.25) is 0 Å². The SMILES string of the molecule is O=S(=O)(c1cccc2ccccc12)N1CCN(C2c3ccccc3CCc3ccccc32)CC1. The van der Waals surface area contributed by atoms with Crippen molar-refractivity contribution in [3.05, 3.63) is 113 Å². The van der Waals surface area contributed by atoms with Crippen LogP contribution in [0.3, 0.4) is 0 Å². The third-order valence-electron chi connectivity index (χ3n) is 7.37. The Morgan fingerprint density at radius 1 is 0.618 bits per heavy atom. The summed E-state index contributed by atoms with van der Waals surface area (Å²) in [5.41, 5.74) is 5.51. The standard InChI is InChI=1S/C29H28N2O2S/c32-34(33,28-15-7-11-22-8-1-4-12-25(22)28)31-20-18-30(19-21-31)29-26-13-5-2-9-23(26)16-17-24-10-3-6-14-27(24)29/h1-15,29H,16-21H2. The lowest BCUT2D eigenvalue weighted by Crippen LogP contribution is -2.49. The van der Waals surface area contributed by atoms with E-state index < -0.39 is 10.0 Å². The number of hydrogen-bond donors (Lipinski definition) is 0. The van der Waals surface area contributed by atoms with Crippen LogP contribution in [0.1, 0.15) is 28.3 Å². The lowest BCUT2D eigenvalue weighted by molar-refractivity contribution is 0.155. The molecule has 0 N–H and O–H groups in total. The Kier molecular flexibility index (Phi) is 5.48. The second-order valence-corrected chi connectivity index (χ2v) is 11.1. The van der Waals surface area contributed by atoms with E-state index >= 15 is 0 Å². The Hall–Kier alpha value is -2.99. The number of sulfonamides is 1. The van der Waals surface area contributed by atoms with E-state index in [1.54, 1.807) is 10.4 Å². The van der Waals surface area contributed by atoms with Gasteiger partial charge in [-0.25, -0.2) is 8.42 Å². The van der Waals surface area contributed by atoms with Gasteiger partial charge in [0.25, 0.3) is 0 Å². The number of fused-ring (bicyclic) bond motifs is 3. The summed E-state index contributed by atoms with van der Waals surface area (Å²) < 4.78 is 29.0. The molecule has 5 heteroatoms. The predicted molar refractivity (Wildman–Crippen MR) is 136 cm³/mol. The molecule has 0 radical (unpaired) electrons. The van der Waals surface area contributed by atoms with Crippen LogP contribution in [0.5, 0.6) is 0 Å². The van der Waals surface area contributed by atoms with Crippen LogP contribution in [0.25, 0.3) is 10.8 Å². The van der Waals surface area contributed by atoms with Gasteiger partial charge in [0.1, 0.15) is 0 Å². The monoisotopic (exact) mass is 468 g/mol. The summed E-state index contributed by atoms with van der Waals surface area (Å²) in [6.07, 6.45) is 2.08. The summed E-state index contributed by atoms with van der Waals surface area (Å²) in [5, 5.41) is 1.74. The highest BCUT2D eigenvalue weighted by Crippen LogP contribution is 2.37. The second-order valence-electron chi connectivity index (χ2n) is 9.22. The number of nitrogens with zero attached hydrogens (tertiary/aromatic N) is 2. The first kappa shape index (κ1) is 21.5. The molecule has 1 heterocycles. The maximum Gasteiger partial charge on any atom is 0.243 e. The molecule has 1 aliphatic carbocycles. The molecular weight excluding hydrogens is 440 g/mol. The molecule has 2 aliphatic rings. The Morgan fingerprint density at radius 3 is 1.85 bits per heavy atom. The van der Waals surface area contributed by atoms with Gasteiger partial charge in [-0.05, 0) is 46.5 Å². The van der Waals surface area contributed by atoms with Crippen LogP contribution < -0.4 is 0 Å². The fourth-order valence-corrected chi connectivity index (χ4v) is 7.29. The summed E-state index contributed by atoms with van der Waals surface area (Å²) in [7, 11) is -3.56. The molecule has 1 aliphatic heterocycles. The molecule has 0 atom stereocenters. The van der Waals surface area contributed by atoms with E-state index in [9.17, 15) is 8.42 Å². The molecule has 34 heavy (non-hydrogen) atoms. The van der Waals surface area contributed by atoms with Gasteiger partial charge >= 0.3 is 0 Å². The molecule has 0 unspecified atom stereocenters. The van der Waals surface area contributed by atoms with Gasteiger partial charge in [0.15, 0.2) is 0 Å². The average molecular weight is 469 g/mol. The number of benzene rings is 4. The van der Waals surface area contributed by atoms with Crippen LogP contribution in [-0.4, -0.2) is 43.8 Å². The molecule has 4 aromatic carbocycles. The fraction of sp³-hybridized carbons (Fsp3) is 0.241. The van der Waals surface area contributed by atoms with Crippen molar-refractivity contribution < 1.29 is 8.42 Å². The first-order chi connectivity index (χ1) is 16.6. The highest BCUT2D eigenvalue weighted by Gasteiger charge is 2.34. The predicted octanol–water partition coefficient (Wildman–Crippen LogP) is 5.03. The van der Waals surface area contributed by atoms with Crippen molar-refractivity contribution in [1.29, 1.82) is 0 Å². The third-order valence-corrected chi connectivity index (χ3v) is 9.33. The lowest BCUT2D eigenvalue weighted by atomic mass is 9.93. The van der Waals surface area contributed by atoms with Crippen molar-refractivity contribution in [1.82, 2.24) is 9.21 Å². The smallest absolute Gasteiger partial charge is 0.243 e. The number of rotatable bonds is 3. The largest absolute Gasteiger partial charge is 0.290 e. The summed E-state index contributed by atoms with van der Waals surface area (Å²) in [5.74, 6) is 0. The van der Waals surface area contributed by atoms with Gasteiger partial charge in [-0.3, -0.25) is 4.90 Å². The number of aryl methyl sites for hydroxylation is 2. The zero-order valence-electron chi connectivity index (χ0n) is 19.1. The van der Waals surface area contributed by atoms with Crippen molar-refractivity contribution in [2.24, 2.45) is 0 Å². The first-order valence-electron chi connectivity index (χ1n) is 12.0. The molecule has 0 aromatic heterocycles. The Bertz CT molecular complexity index is 1400. The second kappa shape index (κ2) is 8.66. The van der Waals surface area contributed by atoms with Gasteiger partial charge in [0.2, 0.25) is 10.0 Å². The average Bonchev–Trinajstić information content (AvgIpc) is 3.05. The summed E-state index contributed by atoms with van der Waals surface area (Å²) in [6, 6.07) is 30.9. The van der Waals surface area contributed by atoms with Crippen LogP contribution in [0.4, 0.5) is 0 Å². The molecule has 1 fully saturated rings. The van der Waals surface area contributed by atoms with Crippen molar-refractivity contribution in [3.8, 4) is 0 Å². The topological polar surface area (TPSA) is 40.6 Å². The highest BCUT2D eigenvalue weighted by atomic mass is 32.2. The van der Waals surface area contributed by atoms with Gasteiger partial charge in [-0.2, -0.15) is 4.31 Å². The molecule has 0 spiro atoms. The molecule has 1 saturated heterocycles. The minimum atomic E-state index is -3.56. The molecular formula is C29H28N2O2S. The van der Waals surface area contributed by atoms with Gasteiger partial charge in [-0.15, -0.1) is 0 Å². The Labute approximate surface area is 201 Å². The van der Waals surface area contributed by atoms with Gasteiger partial charge in [-0.1, -0.05) is 84.9 Å². The van der Waals surface area contributed by atoms with Crippen LogP contribution in [0, 0.1) is 0 Å². The van der Waals surface area contributed by atoms with Crippen LogP contribution in [0.15, 0.2) is 95.9 Å². The highest BCUT2D eigenvalue weighted by molar-refractivity contribution is 7.89. The summed E-state index contributed by atoms with van der Waals surface area (Å²) in [4.78, 5) is 2.88. The maximum atomic E-state index is 13.6. The molecule has 4 nitrogen and oxygen atoms in total. The molecule has 0 saturated carbocycles. The van der Waals surface area contributed by atoms with Crippen molar-refractivity contribution in [2.75, 3.05) is 26.2 Å². The molecule has 0 amide bonds. The number of piperazine rings is 1. The minimum Gasteiger partial charge on any atom is -0.290 e. The van der Waals surface area contributed by atoms with E-state index in [0.717, 1.165) is 23.6 Å². The molecule has 6 rings (SSSR count). The van der Waals surface area contributed by atoms with E-state index in [-0.39, 0.29) is 6.04 Å². The maximum absolute atomic E-state index is 13.6.